The predicted molar refractivity (Wildman–Crippen MR) is 82.9 cm³/mol. The Labute approximate surface area is 127 Å². The second-order valence-corrected chi connectivity index (χ2v) is 5.84. The summed E-state index contributed by atoms with van der Waals surface area (Å²) in [5.74, 6) is -0.820. The standard InChI is InChI=1S/C16H27N3O2/c1-2-18-10-12-19(13-11-18)16(21)15(20)17-9-8-14-6-4-3-5-7-14/h6H,2-5,7-13H2,1H3,(H,17,20). The average molecular weight is 293 g/mol. The lowest BCUT2D eigenvalue weighted by atomic mass is 9.97. The Morgan fingerprint density at radius 3 is 2.57 bits per heavy atom. The molecular formula is C16H27N3O2. The largest absolute Gasteiger partial charge is 0.348 e. The fourth-order valence-electron chi connectivity index (χ4n) is 2.95. The highest BCUT2D eigenvalue weighted by molar-refractivity contribution is 6.35. The molecule has 0 atom stereocenters. The first-order valence-corrected chi connectivity index (χ1v) is 8.18. The smallest absolute Gasteiger partial charge is 0.311 e. The van der Waals surface area contributed by atoms with Crippen molar-refractivity contribution in [3.63, 3.8) is 0 Å². The van der Waals surface area contributed by atoms with Crippen molar-refractivity contribution in [2.24, 2.45) is 0 Å². The Kier molecular flexibility index (Phi) is 6.23. The maximum Gasteiger partial charge on any atom is 0.311 e. The summed E-state index contributed by atoms with van der Waals surface area (Å²) in [5, 5.41) is 2.77. The Hall–Kier alpha value is -1.36. The van der Waals surface area contributed by atoms with Crippen LogP contribution in [-0.2, 0) is 9.59 Å². The minimum Gasteiger partial charge on any atom is -0.348 e. The van der Waals surface area contributed by atoms with Gasteiger partial charge < -0.3 is 15.1 Å². The zero-order chi connectivity index (χ0) is 15.1. The van der Waals surface area contributed by atoms with E-state index in [-0.39, 0.29) is 5.91 Å². The molecule has 0 spiro atoms. The zero-order valence-electron chi connectivity index (χ0n) is 13.1. The van der Waals surface area contributed by atoms with E-state index in [0.717, 1.165) is 38.9 Å². The lowest BCUT2D eigenvalue weighted by Gasteiger charge is -2.33. The topological polar surface area (TPSA) is 52.7 Å². The molecule has 5 heteroatoms. The minimum atomic E-state index is -0.448. The second-order valence-electron chi connectivity index (χ2n) is 5.84. The number of hydrogen-bond donors (Lipinski definition) is 1. The van der Waals surface area contributed by atoms with E-state index in [1.54, 1.807) is 4.90 Å². The summed E-state index contributed by atoms with van der Waals surface area (Å²) in [6, 6.07) is 0. The molecule has 1 N–H and O–H groups in total. The Balaban J connectivity index is 1.68. The van der Waals surface area contributed by atoms with Crippen LogP contribution in [0.4, 0.5) is 0 Å². The van der Waals surface area contributed by atoms with Gasteiger partial charge in [-0.1, -0.05) is 18.6 Å². The monoisotopic (exact) mass is 293 g/mol. The summed E-state index contributed by atoms with van der Waals surface area (Å²) in [6.45, 7) is 6.74. The highest BCUT2D eigenvalue weighted by Crippen LogP contribution is 2.19. The summed E-state index contributed by atoms with van der Waals surface area (Å²) in [6.07, 6.45) is 7.98. The number of carbonyl (C=O) groups excluding carboxylic acids is 2. The Morgan fingerprint density at radius 1 is 1.19 bits per heavy atom. The highest BCUT2D eigenvalue weighted by Gasteiger charge is 2.25. The van der Waals surface area contributed by atoms with E-state index in [9.17, 15) is 9.59 Å². The maximum atomic E-state index is 12.1. The molecule has 0 radical (unpaired) electrons. The number of likely N-dealkylation sites (N-methyl/N-ethyl adjacent to an activating group) is 1. The summed E-state index contributed by atoms with van der Waals surface area (Å²) >= 11 is 0. The van der Waals surface area contributed by atoms with Crippen LogP contribution >= 0.6 is 0 Å². The van der Waals surface area contributed by atoms with Gasteiger partial charge in [-0.05, 0) is 38.6 Å². The minimum absolute atomic E-state index is 0.372. The summed E-state index contributed by atoms with van der Waals surface area (Å²) < 4.78 is 0. The quantitative estimate of drug-likeness (QED) is 0.625. The molecule has 2 amide bonds. The highest BCUT2D eigenvalue weighted by atomic mass is 16.2. The molecule has 0 aromatic rings. The van der Waals surface area contributed by atoms with Gasteiger partial charge in [-0.25, -0.2) is 0 Å². The number of allylic oxidation sites excluding steroid dienone is 1. The van der Waals surface area contributed by atoms with Crippen molar-refractivity contribution in [2.45, 2.75) is 39.0 Å². The molecule has 2 rings (SSSR count). The van der Waals surface area contributed by atoms with Crippen molar-refractivity contribution in [3.05, 3.63) is 11.6 Å². The van der Waals surface area contributed by atoms with E-state index in [2.05, 4.69) is 23.2 Å². The molecule has 0 saturated carbocycles. The average Bonchev–Trinajstić information content (AvgIpc) is 2.55. The second kappa shape index (κ2) is 8.17. The van der Waals surface area contributed by atoms with Gasteiger partial charge in [-0.3, -0.25) is 9.59 Å². The van der Waals surface area contributed by atoms with Gasteiger partial charge in [0.25, 0.3) is 0 Å². The number of rotatable bonds is 4. The van der Waals surface area contributed by atoms with Gasteiger partial charge in [-0.2, -0.15) is 0 Å². The van der Waals surface area contributed by atoms with Crippen LogP contribution in [0, 0.1) is 0 Å². The van der Waals surface area contributed by atoms with Gasteiger partial charge in [-0.15, -0.1) is 0 Å². The SMILES string of the molecule is CCN1CCN(C(=O)C(=O)NCCC2=CCCCC2)CC1. The number of nitrogens with zero attached hydrogens (tertiary/aromatic N) is 2. The molecule has 21 heavy (non-hydrogen) atoms. The van der Waals surface area contributed by atoms with Crippen LogP contribution < -0.4 is 5.32 Å². The van der Waals surface area contributed by atoms with Gasteiger partial charge in [0, 0.05) is 32.7 Å². The third kappa shape index (κ3) is 4.84. The molecule has 1 heterocycles. The normalized spacial score (nSPS) is 20.0. The third-order valence-electron chi connectivity index (χ3n) is 4.42. The molecule has 0 unspecified atom stereocenters. The first-order valence-electron chi connectivity index (χ1n) is 8.18. The van der Waals surface area contributed by atoms with Crippen molar-refractivity contribution in [2.75, 3.05) is 39.3 Å². The Bertz CT molecular complexity index is 398. The summed E-state index contributed by atoms with van der Waals surface area (Å²) in [4.78, 5) is 27.9. The number of nitrogens with one attached hydrogen (secondary N) is 1. The Morgan fingerprint density at radius 2 is 1.95 bits per heavy atom. The van der Waals surface area contributed by atoms with Crippen molar-refractivity contribution in [1.29, 1.82) is 0 Å². The summed E-state index contributed by atoms with van der Waals surface area (Å²) in [5.41, 5.74) is 1.42. The lowest BCUT2D eigenvalue weighted by Crippen LogP contribution is -2.52. The van der Waals surface area contributed by atoms with Crippen LogP contribution in [0.1, 0.15) is 39.0 Å². The van der Waals surface area contributed by atoms with Crippen LogP contribution in [0.15, 0.2) is 11.6 Å². The van der Waals surface area contributed by atoms with Gasteiger partial charge in [0.15, 0.2) is 0 Å². The molecule has 1 aliphatic heterocycles. The molecule has 2 aliphatic rings. The predicted octanol–water partition coefficient (Wildman–Crippen LogP) is 1.16. The molecular weight excluding hydrogens is 266 g/mol. The van der Waals surface area contributed by atoms with Gasteiger partial charge in [0.1, 0.15) is 0 Å². The zero-order valence-corrected chi connectivity index (χ0v) is 13.1. The fourth-order valence-corrected chi connectivity index (χ4v) is 2.95. The van der Waals surface area contributed by atoms with Crippen molar-refractivity contribution in [3.8, 4) is 0 Å². The van der Waals surface area contributed by atoms with E-state index in [4.69, 9.17) is 0 Å². The first-order chi connectivity index (χ1) is 10.2. The number of carbonyl (C=O) groups is 2. The van der Waals surface area contributed by atoms with Crippen molar-refractivity contribution >= 4 is 11.8 Å². The number of amides is 2. The third-order valence-corrected chi connectivity index (χ3v) is 4.42. The van der Waals surface area contributed by atoms with Crippen LogP contribution in [0.3, 0.4) is 0 Å². The molecule has 1 saturated heterocycles. The van der Waals surface area contributed by atoms with E-state index in [1.807, 2.05) is 0 Å². The fraction of sp³-hybridized carbons (Fsp3) is 0.750. The van der Waals surface area contributed by atoms with Gasteiger partial charge in [0.05, 0.1) is 0 Å². The number of piperazine rings is 1. The van der Waals surface area contributed by atoms with Crippen molar-refractivity contribution in [1.82, 2.24) is 15.1 Å². The van der Waals surface area contributed by atoms with E-state index in [0.29, 0.717) is 19.6 Å². The number of hydrogen-bond acceptors (Lipinski definition) is 3. The lowest BCUT2D eigenvalue weighted by molar-refractivity contribution is -0.146. The van der Waals surface area contributed by atoms with Crippen LogP contribution in [0.2, 0.25) is 0 Å². The van der Waals surface area contributed by atoms with E-state index in [1.165, 1.54) is 18.4 Å². The van der Waals surface area contributed by atoms with Crippen molar-refractivity contribution < 1.29 is 9.59 Å². The molecule has 1 aliphatic carbocycles. The van der Waals surface area contributed by atoms with Crippen LogP contribution in [-0.4, -0.2) is 60.9 Å². The van der Waals surface area contributed by atoms with Gasteiger partial charge >= 0.3 is 11.8 Å². The molecule has 0 aromatic carbocycles. The molecule has 1 fully saturated rings. The van der Waals surface area contributed by atoms with E-state index < -0.39 is 5.91 Å². The molecule has 5 nitrogen and oxygen atoms in total. The summed E-state index contributed by atoms with van der Waals surface area (Å²) in [7, 11) is 0. The molecule has 0 bridgehead atoms. The van der Waals surface area contributed by atoms with Crippen LogP contribution in [0.25, 0.3) is 0 Å². The molecule has 118 valence electrons. The van der Waals surface area contributed by atoms with Crippen LogP contribution in [0.5, 0.6) is 0 Å². The maximum absolute atomic E-state index is 12.1. The van der Waals surface area contributed by atoms with Gasteiger partial charge in [0.2, 0.25) is 0 Å². The first kappa shape index (κ1) is 16.0. The molecule has 0 aromatic heterocycles. The van der Waals surface area contributed by atoms with E-state index >= 15 is 0 Å².